The molecule has 0 aromatic carbocycles. The highest BCUT2D eigenvalue weighted by Gasteiger charge is 2.29. The number of amides is 1. The molecule has 0 unspecified atom stereocenters. The van der Waals surface area contributed by atoms with Crippen LogP contribution in [0.2, 0.25) is 0 Å². The summed E-state index contributed by atoms with van der Waals surface area (Å²) in [5.74, 6) is 0.686. The first-order valence-corrected chi connectivity index (χ1v) is 11.7. The molecule has 5 aromatic rings. The van der Waals surface area contributed by atoms with Crippen LogP contribution in [0, 0.1) is 5.92 Å². The van der Waals surface area contributed by atoms with Crippen molar-refractivity contribution in [1.82, 2.24) is 49.5 Å². The van der Waals surface area contributed by atoms with Gasteiger partial charge in [0.05, 0.1) is 25.5 Å². The molecule has 3 N–H and O–H groups in total. The van der Waals surface area contributed by atoms with Crippen LogP contribution in [0.5, 0.6) is 0 Å². The molecule has 6 rings (SSSR count). The lowest BCUT2D eigenvalue weighted by molar-refractivity contribution is -0.121. The molecular weight excluding hydrogens is 460 g/mol. The first-order valence-electron chi connectivity index (χ1n) is 11.7. The molecule has 36 heavy (non-hydrogen) atoms. The highest BCUT2D eigenvalue weighted by molar-refractivity contribution is 5.77. The zero-order valence-electron chi connectivity index (χ0n) is 19.3. The number of anilines is 1. The molecule has 1 aliphatic carbocycles. The van der Waals surface area contributed by atoms with Crippen LogP contribution in [-0.4, -0.2) is 61.5 Å². The van der Waals surface area contributed by atoms with Gasteiger partial charge >= 0.3 is 0 Å². The number of aryl methyl sites for hydroxylation is 2. The second-order valence-corrected chi connectivity index (χ2v) is 8.82. The first-order chi connectivity index (χ1) is 17.6. The molecule has 13 heteroatoms. The van der Waals surface area contributed by atoms with Crippen molar-refractivity contribution in [3.05, 3.63) is 55.4 Å². The van der Waals surface area contributed by atoms with Crippen molar-refractivity contribution in [2.45, 2.75) is 38.4 Å². The number of pyridine rings is 1. The predicted molar refractivity (Wildman–Crippen MR) is 130 cm³/mol. The van der Waals surface area contributed by atoms with Crippen molar-refractivity contribution in [1.29, 1.82) is 0 Å². The molecule has 0 radical (unpaired) electrons. The number of hydrogen-bond donors (Lipinski definition) is 2. The number of carbonyl (C=O) groups excluding carboxylic acids is 1. The average molecular weight is 485 g/mol. The molecule has 2 atom stereocenters. The van der Waals surface area contributed by atoms with E-state index in [2.05, 4.69) is 40.8 Å². The quantitative estimate of drug-likeness (QED) is 0.332. The van der Waals surface area contributed by atoms with Crippen molar-refractivity contribution in [2.75, 3.05) is 5.32 Å². The summed E-state index contributed by atoms with van der Waals surface area (Å²) in [4.78, 5) is 25.0. The Morgan fingerprint density at radius 2 is 1.97 bits per heavy atom. The molecular formula is C23H24N12O. The molecule has 13 nitrogen and oxygen atoms in total. The van der Waals surface area contributed by atoms with E-state index < -0.39 is 0 Å². The van der Waals surface area contributed by atoms with Crippen LogP contribution in [0.15, 0.2) is 55.4 Å². The minimum Gasteiger partial charge on any atom is -0.369 e. The van der Waals surface area contributed by atoms with E-state index in [4.69, 9.17) is 5.73 Å². The summed E-state index contributed by atoms with van der Waals surface area (Å²) < 4.78 is 5.34. The summed E-state index contributed by atoms with van der Waals surface area (Å²) in [5.41, 5.74) is 8.46. The molecule has 182 valence electrons. The van der Waals surface area contributed by atoms with Crippen molar-refractivity contribution < 1.29 is 4.79 Å². The van der Waals surface area contributed by atoms with E-state index in [1.807, 2.05) is 46.2 Å². The highest BCUT2D eigenvalue weighted by atomic mass is 16.1. The van der Waals surface area contributed by atoms with E-state index in [1.54, 1.807) is 23.3 Å². The Morgan fingerprint density at radius 1 is 1.06 bits per heavy atom. The lowest BCUT2D eigenvalue weighted by Crippen LogP contribution is -2.23. The minimum atomic E-state index is -0.256. The first kappa shape index (κ1) is 21.8. The maximum Gasteiger partial charge on any atom is 0.225 e. The molecule has 5 heterocycles. The van der Waals surface area contributed by atoms with Gasteiger partial charge in [0.2, 0.25) is 11.9 Å². The van der Waals surface area contributed by atoms with Crippen LogP contribution in [0.25, 0.3) is 28.1 Å². The van der Waals surface area contributed by atoms with E-state index in [9.17, 15) is 4.79 Å². The Labute approximate surface area is 205 Å². The van der Waals surface area contributed by atoms with Gasteiger partial charge in [0.15, 0.2) is 17.0 Å². The normalized spacial score (nSPS) is 17.6. The smallest absolute Gasteiger partial charge is 0.225 e. The maximum absolute atomic E-state index is 11.5. The number of hydrogen-bond acceptors (Lipinski definition) is 9. The lowest BCUT2D eigenvalue weighted by Gasteiger charge is -2.12. The van der Waals surface area contributed by atoms with E-state index in [0.29, 0.717) is 29.4 Å². The van der Waals surface area contributed by atoms with Gasteiger partial charge in [-0.3, -0.25) is 14.2 Å². The van der Waals surface area contributed by atoms with E-state index in [-0.39, 0.29) is 17.9 Å². The summed E-state index contributed by atoms with van der Waals surface area (Å²) in [5, 5.41) is 20.3. The Bertz CT molecular complexity index is 1490. The van der Waals surface area contributed by atoms with Crippen molar-refractivity contribution in [3.63, 3.8) is 0 Å². The van der Waals surface area contributed by atoms with Gasteiger partial charge in [-0.25, -0.2) is 9.97 Å². The highest BCUT2D eigenvalue weighted by Crippen LogP contribution is 2.27. The summed E-state index contributed by atoms with van der Waals surface area (Å²) >= 11 is 0. The van der Waals surface area contributed by atoms with Gasteiger partial charge in [0.25, 0.3) is 0 Å². The van der Waals surface area contributed by atoms with E-state index in [0.717, 1.165) is 37.1 Å². The second-order valence-electron chi connectivity index (χ2n) is 8.82. The number of aromatic nitrogens is 10. The molecule has 5 aromatic heterocycles. The monoisotopic (exact) mass is 484 g/mol. The van der Waals surface area contributed by atoms with Crippen LogP contribution in [-0.2, 0) is 17.9 Å². The van der Waals surface area contributed by atoms with Gasteiger partial charge in [-0.05, 0) is 37.5 Å². The topological polar surface area (TPSA) is 160 Å². The lowest BCUT2D eigenvalue weighted by atomic mass is 10.1. The Kier molecular flexibility index (Phi) is 5.56. The standard InChI is InChI=1S/C23H24N12O/c24-21(36)15-2-4-18(10-15)29-23-26-13-19-22(30-23)35(32-31-19)20-5-3-16(11-25-20)17-12-28-34(14-17)9-8-33-7-1-6-27-33/h1,3,5-7,11-15,18H,2,4,8-10H2,(H2,24,36)(H,26,29,30)/t15-,18-/m1/s1. The number of nitrogens with two attached hydrogens (primary N) is 1. The van der Waals surface area contributed by atoms with Crippen molar-refractivity contribution in [2.24, 2.45) is 11.7 Å². The third-order valence-electron chi connectivity index (χ3n) is 6.41. The van der Waals surface area contributed by atoms with Gasteiger partial charge in [-0.2, -0.15) is 19.9 Å². The number of carbonyl (C=O) groups is 1. The molecule has 0 spiro atoms. The predicted octanol–water partition coefficient (Wildman–Crippen LogP) is 1.43. The third kappa shape index (κ3) is 4.37. The second kappa shape index (κ2) is 9.17. The van der Waals surface area contributed by atoms with Crippen LogP contribution < -0.4 is 11.1 Å². The fourth-order valence-corrected chi connectivity index (χ4v) is 4.46. The molecule has 1 saturated carbocycles. The van der Waals surface area contributed by atoms with Crippen molar-refractivity contribution >= 4 is 23.0 Å². The van der Waals surface area contributed by atoms with E-state index >= 15 is 0 Å². The Hall–Kier alpha value is -4.68. The fourth-order valence-electron chi connectivity index (χ4n) is 4.46. The number of primary amides is 1. The summed E-state index contributed by atoms with van der Waals surface area (Å²) in [6.45, 7) is 1.47. The van der Waals surface area contributed by atoms with Crippen LogP contribution in [0.1, 0.15) is 19.3 Å². The summed E-state index contributed by atoms with van der Waals surface area (Å²) in [6, 6.07) is 5.84. The molecule has 0 aliphatic heterocycles. The largest absolute Gasteiger partial charge is 0.369 e. The zero-order valence-corrected chi connectivity index (χ0v) is 19.3. The van der Waals surface area contributed by atoms with Crippen LogP contribution in [0.3, 0.4) is 0 Å². The van der Waals surface area contributed by atoms with Gasteiger partial charge in [0, 0.05) is 47.9 Å². The van der Waals surface area contributed by atoms with Gasteiger partial charge in [0.1, 0.15) is 0 Å². The van der Waals surface area contributed by atoms with Crippen molar-refractivity contribution in [3.8, 4) is 16.9 Å². The third-order valence-corrected chi connectivity index (χ3v) is 6.41. The van der Waals surface area contributed by atoms with Crippen LogP contribution in [0.4, 0.5) is 5.95 Å². The summed E-state index contributed by atoms with van der Waals surface area (Å²) in [7, 11) is 0. The number of nitrogens with one attached hydrogen (secondary N) is 1. The maximum atomic E-state index is 11.5. The van der Waals surface area contributed by atoms with Gasteiger partial charge < -0.3 is 11.1 Å². The molecule has 1 fully saturated rings. The zero-order chi connectivity index (χ0) is 24.5. The SMILES string of the molecule is NC(=O)[C@@H]1CC[C@@H](Nc2ncc3nnn(-c4ccc(-c5cnn(CCn6cccn6)c5)cn4)c3n2)C1. The van der Waals surface area contributed by atoms with Gasteiger partial charge in [-0.15, -0.1) is 5.10 Å². The van der Waals surface area contributed by atoms with Crippen LogP contribution >= 0.6 is 0 Å². The Balaban J connectivity index is 1.17. The van der Waals surface area contributed by atoms with E-state index in [1.165, 1.54) is 0 Å². The molecule has 1 amide bonds. The number of rotatable bonds is 8. The Morgan fingerprint density at radius 3 is 2.75 bits per heavy atom. The van der Waals surface area contributed by atoms with Gasteiger partial charge in [-0.1, -0.05) is 5.21 Å². The number of nitrogens with zero attached hydrogens (tertiary/aromatic N) is 10. The minimum absolute atomic E-state index is 0.0992. The molecule has 0 saturated heterocycles. The number of fused-ring (bicyclic) bond motifs is 1. The molecule has 1 aliphatic rings. The summed E-state index contributed by atoms with van der Waals surface area (Å²) in [6.07, 6.45) is 13.2. The molecule has 0 bridgehead atoms. The fraction of sp³-hybridized carbons (Fsp3) is 0.304. The average Bonchev–Trinajstić information content (AvgIpc) is 3.70.